The first-order valence-electron chi connectivity index (χ1n) is 9.77. The average Bonchev–Trinajstić information content (AvgIpc) is 3.15. The highest BCUT2D eigenvalue weighted by atomic mass is 32.2. The van der Waals surface area contributed by atoms with Gasteiger partial charge in [0.1, 0.15) is 11.4 Å². The highest BCUT2D eigenvalue weighted by molar-refractivity contribution is 8.27. The van der Waals surface area contributed by atoms with Crippen molar-refractivity contribution in [1.29, 1.82) is 0 Å². The number of anilines is 1. The molecule has 158 valence electrons. The monoisotopic (exact) mass is 451 g/mol. The van der Waals surface area contributed by atoms with Crippen molar-refractivity contribution in [2.75, 3.05) is 11.5 Å². The third kappa shape index (κ3) is 3.84. The van der Waals surface area contributed by atoms with Gasteiger partial charge in [-0.05, 0) is 49.8 Å². The van der Waals surface area contributed by atoms with Gasteiger partial charge in [0.25, 0.3) is 11.5 Å². The zero-order chi connectivity index (χ0) is 22.1. The van der Waals surface area contributed by atoms with Gasteiger partial charge in [-0.2, -0.15) is 0 Å². The Morgan fingerprint density at radius 2 is 1.74 bits per heavy atom. The molecule has 0 saturated carbocycles. The number of benzene rings is 2. The van der Waals surface area contributed by atoms with Gasteiger partial charge in [0.15, 0.2) is 4.32 Å². The van der Waals surface area contributed by atoms with Crippen LogP contribution in [0.25, 0.3) is 11.8 Å². The summed E-state index contributed by atoms with van der Waals surface area (Å²) in [6.45, 7) is 4.33. The minimum atomic E-state index is -0.296. The molecule has 0 N–H and O–H groups in total. The standard InChI is InChI=1S/C23H21N3O3S2/c1-4-29-18-12-10-16(11-13-18)14-19-21(27)25(23(30)31-19)20-15(2)24(3)26(22(20)28)17-8-6-5-7-9-17/h5-14H,4H2,1-3H3. The molecule has 1 aliphatic heterocycles. The van der Waals surface area contributed by atoms with Crippen LogP contribution in [0.2, 0.25) is 0 Å². The van der Waals surface area contributed by atoms with Crippen LogP contribution in [0.4, 0.5) is 5.69 Å². The molecule has 8 heteroatoms. The minimum absolute atomic E-state index is 0.281. The zero-order valence-electron chi connectivity index (χ0n) is 17.4. The Balaban J connectivity index is 1.71. The Morgan fingerprint density at radius 1 is 1.06 bits per heavy atom. The van der Waals surface area contributed by atoms with E-state index in [1.54, 1.807) is 22.5 Å². The zero-order valence-corrected chi connectivity index (χ0v) is 19.0. The van der Waals surface area contributed by atoms with Crippen LogP contribution in [-0.4, -0.2) is 26.2 Å². The molecule has 31 heavy (non-hydrogen) atoms. The number of hydrogen-bond donors (Lipinski definition) is 0. The number of ether oxygens (including phenoxy) is 1. The molecule has 3 aromatic rings. The predicted octanol–water partition coefficient (Wildman–Crippen LogP) is 4.29. The third-order valence-electron chi connectivity index (χ3n) is 5.03. The molecule has 1 amide bonds. The van der Waals surface area contributed by atoms with Crippen LogP contribution in [0.15, 0.2) is 64.3 Å². The maximum Gasteiger partial charge on any atom is 0.296 e. The molecule has 1 aromatic heterocycles. The van der Waals surface area contributed by atoms with E-state index < -0.39 is 0 Å². The van der Waals surface area contributed by atoms with Crippen LogP contribution in [0.1, 0.15) is 18.2 Å². The topological polar surface area (TPSA) is 56.5 Å². The van der Waals surface area contributed by atoms with Crippen LogP contribution < -0.4 is 15.2 Å². The molecular formula is C23H21N3O3S2. The van der Waals surface area contributed by atoms with Crippen molar-refractivity contribution < 1.29 is 9.53 Å². The summed E-state index contributed by atoms with van der Waals surface area (Å²) in [4.78, 5) is 28.3. The highest BCUT2D eigenvalue weighted by Crippen LogP contribution is 2.36. The van der Waals surface area contributed by atoms with Gasteiger partial charge < -0.3 is 4.74 Å². The van der Waals surface area contributed by atoms with Crippen LogP contribution in [-0.2, 0) is 11.8 Å². The van der Waals surface area contributed by atoms with E-state index in [9.17, 15) is 9.59 Å². The van der Waals surface area contributed by atoms with E-state index in [0.717, 1.165) is 17.0 Å². The molecule has 0 unspecified atom stereocenters. The molecule has 2 aromatic carbocycles. The van der Waals surface area contributed by atoms with Gasteiger partial charge in [-0.3, -0.25) is 19.2 Å². The van der Waals surface area contributed by atoms with Crippen LogP contribution >= 0.6 is 24.0 Å². The molecule has 0 aliphatic carbocycles. The largest absolute Gasteiger partial charge is 0.494 e. The Hall–Kier alpha value is -3.10. The molecule has 1 aliphatic rings. The third-order valence-corrected chi connectivity index (χ3v) is 6.33. The molecule has 2 heterocycles. The molecule has 6 nitrogen and oxygen atoms in total. The molecule has 0 radical (unpaired) electrons. The van der Waals surface area contributed by atoms with Gasteiger partial charge >= 0.3 is 0 Å². The highest BCUT2D eigenvalue weighted by Gasteiger charge is 2.37. The first kappa shape index (κ1) is 21.1. The second-order valence-electron chi connectivity index (χ2n) is 6.93. The van der Waals surface area contributed by atoms with Crippen molar-refractivity contribution in [1.82, 2.24) is 9.36 Å². The van der Waals surface area contributed by atoms with Gasteiger partial charge in [0, 0.05) is 7.05 Å². The quantitative estimate of drug-likeness (QED) is 0.428. The second-order valence-corrected chi connectivity index (χ2v) is 8.61. The average molecular weight is 452 g/mol. The molecular weight excluding hydrogens is 430 g/mol. The number of nitrogens with zero attached hydrogens (tertiary/aromatic N) is 3. The summed E-state index contributed by atoms with van der Waals surface area (Å²) in [6, 6.07) is 16.8. The number of carbonyl (C=O) groups is 1. The summed E-state index contributed by atoms with van der Waals surface area (Å²) in [5.74, 6) is 0.475. The van der Waals surface area contributed by atoms with Crippen molar-refractivity contribution in [2.24, 2.45) is 7.05 Å². The summed E-state index contributed by atoms with van der Waals surface area (Å²) in [5, 5.41) is 0. The number of thiocarbonyl (C=S) groups is 1. The maximum absolute atomic E-state index is 13.3. The van der Waals surface area contributed by atoms with Crippen LogP contribution in [0, 0.1) is 6.92 Å². The lowest BCUT2D eigenvalue weighted by atomic mass is 10.2. The number of thioether (sulfide) groups is 1. The van der Waals surface area contributed by atoms with E-state index in [0.29, 0.717) is 21.5 Å². The Morgan fingerprint density at radius 3 is 2.39 bits per heavy atom. The van der Waals surface area contributed by atoms with Gasteiger partial charge in [-0.1, -0.05) is 54.3 Å². The Labute approximate surface area is 189 Å². The summed E-state index contributed by atoms with van der Waals surface area (Å²) in [6.07, 6.45) is 1.78. The smallest absolute Gasteiger partial charge is 0.296 e. The first-order chi connectivity index (χ1) is 14.9. The number of aromatic nitrogens is 2. The van der Waals surface area contributed by atoms with E-state index in [1.165, 1.54) is 16.7 Å². The predicted molar refractivity (Wildman–Crippen MR) is 129 cm³/mol. The minimum Gasteiger partial charge on any atom is -0.494 e. The number of rotatable bonds is 5. The van der Waals surface area contributed by atoms with E-state index in [1.807, 2.05) is 68.4 Å². The molecule has 4 rings (SSSR count). The number of hydrogen-bond acceptors (Lipinski definition) is 5. The summed E-state index contributed by atoms with van der Waals surface area (Å²) in [5.41, 5.74) is 2.23. The molecule has 1 fully saturated rings. The van der Waals surface area contributed by atoms with Crippen molar-refractivity contribution >= 4 is 46.0 Å². The lowest BCUT2D eigenvalue weighted by Gasteiger charge is -2.12. The molecule has 1 saturated heterocycles. The SMILES string of the molecule is CCOc1ccc(C=C2SC(=S)N(c3c(C)n(C)n(-c4ccccc4)c3=O)C2=O)cc1. The van der Waals surface area contributed by atoms with Crippen LogP contribution in [0.5, 0.6) is 5.75 Å². The van der Waals surface area contributed by atoms with Gasteiger partial charge in [-0.25, -0.2) is 4.68 Å². The van der Waals surface area contributed by atoms with E-state index in [-0.39, 0.29) is 17.2 Å². The second kappa shape index (κ2) is 8.56. The number of para-hydroxylation sites is 1. The lowest BCUT2D eigenvalue weighted by Crippen LogP contribution is -2.33. The lowest BCUT2D eigenvalue weighted by molar-refractivity contribution is -0.113. The van der Waals surface area contributed by atoms with Gasteiger partial charge in [0.2, 0.25) is 0 Å². The number of amides is 1. The fourth-order valence-electron chi connectivity index (χ4n) is 3.45. The van der Waals surface area contributed by atoms with Gasteiger partial charge in [-0.15, -0.1) is 0 Å². The van der Waals surface area contributed by atoms with Crippen LogP contribution in [0.3, 0.4) is 0 Å². The van der Waals surface area contributed by atoms with E-state index in [2.05, 4.69) is 0 Å². The summed E-state index contributed by atoms with van der Waals surface area (Å²) < 4.78 is 9.08. The molecule has 0 spiro atoms. The first-order valence-corrected chi connectivity index (χ1v) is 11.0. The normalized spacial score (nSPS) is 15.2. The Bertz CT molecular complexity index is 1240. The van der Waals surface area contributed by atoms with Crippen molar-refractivity contribution in [3.8, 4) is 11.4 Å². The maximum atomic E-state index is 13.3. The molecule has 0 atom stereocenters. The number of carbonyl (C=O) groups excluding carboxylic acids is 1. The summed E-state index contributed by atoms with van der Waals surface area (Å²) in [7, 11) is 1.79. The van der Waals surface area contributed by atoms with E-state index >= 15 is 0 Å². The van der Waals surface area contributed by atoms with E-state index in [4.69, 9.17) is 17.0 Å². The fraction of sp³-hybridized carbons (Fsp3) is 0.174. The summed E-state index contributed by atoms with van der Waals surface area (Å²) >= 11 is 6.68. The van der Waals surface area contributed by atoms with Gasteiger partial charge in [0.05, 0.1) is 22.9 Å². The Kier molecular flexibility index (Phi) is 5.84. The fourth-order valence-corrected chi connectivity index (χ4v) is 4.72. The van der Waals surface area contributed by atoms with Crippen molar-refractivity contribution in [3.05, 3.63) is 81.1 Å². The van der Waals surface area contributed by atoms with Crippen molar-refractivity contribution in [2.45, 2.75) is 13.8 Å². The van der Waals surface area contributed by atoms with Crippen molar-refractivity contribution in [3.63, 3.8) is 0 Å². The molecule has 0 bridgehead atoms.